The van der Waals surface area contributed by atoms with Gasteiger partial charge in [0.1, 0.15) is 0 Å². The molecule has 92 valence electrons. The number of hydrogen-bond donors (Lipinski definition) is 1. The van der Waals surface area contributed by atoms with E-state index in [-0.39, 0.29) is 13.4 Å². The molecular formula is C12H27NO2. The molecule has 0 saturated heterocycles. The highest BCUT2D eigenvalue weighted by Crippen LogP contribution is 2.03. The summed E-state index contributed by atoms with van der Waals surface area (Å²) in [5, 5.41) is 2.89. The van der Waals surface area contributed by atoms with Crippen LogP contribution in [-0.2, 0) is 9.53 Å². The van der Waals surface area contributed by atoms with Gasteiger partial charge in [0.15, 0.2) is 0 Å². The number of rotatable bonds is 9. The summed E-state index contributed by atoms with van der Waals surface area (Å²) >= 11 is 0. The summed E-state index contributed by atoms with van der Waals surface area (Å²) in [6.45, 7) is 7.64. The van der Waals surface area contributed by atoms with Crippen LogP contribution in [0.15, 0.2) is 0 Å². The van der Waals surface area contributed by atoms with Crippen LogP contribution in [0.5, 0.6) is 0 Å². The number of nitrogens with one attached hydrogen (secondary N) is 1. The molecule has 3 heteroatoms. The third-order valence-electron chi connectivity index (χ3n) is 2.10. The van der Waals surface area contributed by atoms with Crippen molar-refractivity contribution in [3.8, 4) is 0 Å². The van der Waals surface area contributed by atoms with Gasteiger partial charge in [-0.25, -0.2) is 0 Å². The first kappa shape index (κ1) is 14.4. The van der Waals surface area contributed by atoms with E-state index in [1.807, 2.05) is 20.8 Å². The van der Waals surface area contributed by atoms with Gasteiger partial charge in [-0.05, 0) is 33.6 Å². The van der Waals surface area contributed by atoms with E-state index >= 15 is 0 Å². The lowest BCUT2D eigenvalue weighted by Crippen LogP contribution is -2.29. The molecule has 0 heterocycles. The number of unbranched alkanes of at least 4 members (excludes halogenated alkanes) is 3. The predicted molar refractivity (Wildman–Crippen MR) is 65.0 cm³/mol. The van der Waals surface area contributed by atoms with E-state index in [4.69, 9.17) is 4.74 Å². The van der Waals surface area contributed by atoms with Gasteiger partial charge in [0.25, 0.3) is 0 Å². The third-order valence-corrected chi connectivity index (χ3v) is 2.10. The molecule has 0 rings (SSSR count). The number of hydrogen-bond acceptors (Lipinski definition) is 2. The Morgan fingerprint density at radius 1 is 1.27 bits per heavy atom. The average Bonchev–Trinajstić information content (AvgIpc) is 2.15. The summed E-state index contributed by atoms with van der Waals surface area (Å²) in [4.78, 5) is 11.3. The monoisotopic (exact) mass is 217 g/mol. The zero-order chi connectivity index (χ0) is 11.5. The first-order valence-corrected chi connectivity index (χ1v) is 6.04. The maximum atomic E-state index is 11.3. The molecule has 0 unspecified atom stereocenters. The van der Waals surface area contributed by atoms with Crippen LogP contribution in [0.4, 0.5) is 0 Å². The van der Waals surface area contributed by atoms with Crippen molar-refractivity contribution in [2.45, 2.75) is 58.9 Å². The molecule has 0 fully saturated rings. The van der Waals surface area contributed by atoms with Crippen molar-refractivity contribution in [3.63, 3.8) is 0 Å². The van der Waals surface area contributed by atoms with E-state index in [2.05, 4.69) is 5.32 Å². The molecule has 0 aliphatic carbocycles. The molecule has 15 heavy (non-hydrogen) atoms. The number of carbonyl (C=O) groups excluding carboxylic acids is 1. The van der Waals surface area contributed by atoms with Crippen LogP contribution in [0, 0.1) is 0 Å². The molecule has 1 amide bonds. The molecule has 0 saturated carbocycles. The normalized spacial score (nSPS) is 10.7. The summed E-state index contributed by atoms with van der Waals surface area (Å²) in [7, 11) is 0. The first-order chi connectivity index (χ1) is 7.16. The minimum absolute atomic E-state index is 0. The molecule has 0 bridgehead atoms. The van der Waals surface area contributed by atoms with Crippen LogP contribution in [0.2, 0.25) is 0 Å². The molecule has 1 N–H and O–H groups in total. The Morgan fingerprint density at radius 3 is 2.53 bits per heavy atom. The summed E-state index contributed by atoms with van der Waals surface area (Å²) in [5.41, 5.74) is 0. The third kappa shape index (κ3) is 11.4. The number of carbonyl (C=O) groups is 1. The molecule has 0 aromatic carbocycles. The largest absolute Gasteiger partial charge is 0.382 e. The second kappa shape index (κ2) is 9.97. The SMILES string of the molecule is CCOCCCCCCC(=O)NC(C)C.[HH]. The Bertz CT molecular complexity index is 163. The summed E-state index contributed by atoms with van der Waals surface area (Å²) in [6, 6.07) is 0.260. The highest BCUT2D eigenvalue weighted by Gasteiger charge is 2.01. The van der Waals surface area contributed by atoms with Crippen molar-refractivity contribution in [3.05, 3.63) is 0 Å². The molecule has 0 aliphatic heterocycles. The van der Waals surface area contributed by atoms with Gasteiger partial charge in [-0.3, -0.25) is 4.79 Å². The summed E-state index contributed by atoms with van der Waals surface area (Å²) < 4.78 is 5.23. The van der Waals surface area contributed by atoms with Crippen LogP contribution in [-0.4, -0.2) is 25.2 Å². The minimum atomic E-state index is 0. The van der Waals surface area contributed by atoms with Crippen molar-refractivity contribution in [1.82, 2.24) is 5.32 Å². The molecule has 0 spiro atoms. The Labute approximate surface area is 95.1 Å². The van der Waals surface area contributed by atoms with Crippen molar-refractivity contribution in [2.24, 2.45) is 0 Å². The predicted octanol–water partition coefficient (Wildman–Crippen LogP) is 2.74. The van der Waals surface area contributed by atoms with Crippen LogP contribution < -0.4 is 5.32 Å². The zero-order valence-electron chi connectivity index (χ0n) is 10.3. The fourth-order valence-corrected chi connectivity index (χ4v) is 1.38. The Hall–Kier alpha value is -0.570. The molecular weight excluding hydrogens is 190 g/mol. The van der Waals surface area contributed by atoms with Crippen LogP contribution in [0.3, 0.4) is 0 Å². The van der Waals surface area contributed by atoms with Gasteiger partial charge >= 0.3 is 0 Å². The lowest BCUT2D eigenvalue weighted by Gasteiger charge is -2.07. The molecule has 0 aromatic heterocycles. The van der Waals surface area contributed by atoms with E-state index in [1.165, 1.54) is 0 Å². The van der Waals surface area contributed by atoms with Gasteiger partial charge in [0.05, 0.1) is 0 Å². The van der Waals surface area contributed by atoms with Gasteiger partial charge in [-0.1, -0.05) is 12.8 Å². The van der Waals surface area contributed by atoms with Gasteiger partial charge < -0.3 is 10.1 Å². The van der Waals surface area contributed by atoms with Crippen molar-refractivity contribution >= 4 is 5.91 Å². The van der Waals surface area contributed by atoms with Crippen LogP contribution in [0.1, 0.15) is 54.3 Å². The fraction of sp³-hybridized carbons (Fsp3) is 0.917. The molecule has 0 aliphatic rings. The van der Waals surface area contributed by atoms with E-state index in [1.54, 1.807) is 0 Å². The fourth-order valence-electron chi connectivity index (χ4n) is 1.38. The minimum Gasteiger partial charge on any atom is -0.382 e. The summed E-state index contributed by atoms with van der Waals surface area (Å²) in [5.74, 6) is 0.176. The van der Waals surface area contributed by atoms with E-state index in [0.29, 0.717) is 6.42 Å². The second-order valence-corrected chi connectivity index (χ2v) is 4.08. The standard InChI is InChI=1S/C12H25NO2.H2/c1-4-15-10-8-6-5-7-9-12(14)13-11(2)3;/h11H,4-10H2,1-3H3,(H,13,14);1H. The van der Waals surface area contributed by atoms with Gasteiger partial charge in [-0.2, -0.15) is 0 Å². The quantitative estimate of drug-likeness (QED) is 0.603. The topological polar surface area (TPSA) is 38.3 Å². The molecule has 0 atom stereocenters. The highest BCUT2D eigenvalue weighted by molar-refractivity contribution is 5.76. The Balaban J connectivity index is 0. The van der Waals surface area contributed by atoms with Crippen molar-refractivity contribution < 1.29 is 11.0 Å². The lowest BCUT2D eigenvalue weighted by molar-refractivity contribution is -0.121. The van der Waals surface area contributed by atoms with Gasteiger partial charge in [-0.15, -0.1) is 0 Å². The van der Waals surface area contributed by atoms with Crippen LogP contribution >= 0.6 is 0 Å². The van der Waals surface area contributed by atoms with Gasteiger partial charge in [0, 0.05) is 27.1 Å². The first-order valence-electron chi connectivity index (χ1n) is 6.04. The highest BCUT2D eigenvalue weighted by atomic mass is 16.5. The van der Waals surface area contributed by atoms with E-state index in [0.717, 1.165) is 38.9 Å². The van der Waals surface area contributed by atoms with Crippen molar-refractivity contribution in [1.29, 1.82) is 0 Å². The maximum absolute atomic E-state index is 11.3. The second-order valence-electron chi connectivity index (χ2n) is 4.08. The number of ether oxygens (including phenoxy) is 1. The van der Waals surface area contributed by atoms with Crippen molar-refractivity contribution in [2.75, 3.05) is 13.2 Å². The molecule has 0 radical (unpaired) electrons. The van der Waals surface area contributed by atoms with Crippen LogP contribution in [0.25, 0.3) is 0 Å². The zero-order valence-corrected chi connectivity index (χ0v) is 10.3. The smallest absolute Gasteiger partial charge is 0.220 e. The molecule has 0 aromatic rings. The maximum Gasteiger partial charge on any atom is 0.220 e. The molecule has 3 nitrogen and oxygen atoms in total. The average molecular weight is 217 g/mol. The lowest BCUT2D eigenvalue weighted by atomic mass is 10.1. The summed E-state index contributed by atoms with van der Waals surface area (Å²) in [6.07, 6.45) is 5.05. The van der Waals surface area contributed by atoms with E-state index < -0.39 is 0 Å². The van der Waals surface area contributed by atoms with Gasteiger partial charge in [0.2, 0.25) is 5.91 Å². The number of amides is 1. The Morgan fingerprint density at radius 2 is 1.93 bits per heavy atom. The Kier molecular flexibility index (Phi) is 9.59. The van der Waals surface area contributed by atoms with E-state index in [9.17, 15) is 4.79 Å².